The molecular formula is C14H18N4O. The molecule has 2 amide bonds. The molecular weight excluding hydrogens is 240 g/mol. The molecule has 0 radical (unpaired) electrons. The van der Waals surface area contributed by atoms with E-state index in [1.54, 1.807) is 7.05 Å². The molecule has 0 fully saturated rings. The van der Waals surface area contributed by atoms with Gasteiger partial charge in [-0.2, -0.15) is 0 Å². The van der Waals surface area contributed by atoms with E-state index in [2.05, 4.69) is 10.3 Å². The first-order valence-corrected chi connectivity index (χ1v) is 6.21. The van der Waals surface area contributed by atoms with Crippen molar-refractivity contribution in [3.63, 3.8) is 0 Å². The minimum Gasteiger partial charge on any atom is -0.385 e. The van der Waals surface area contributed by atoms with Crippen LogP contribution in [0.3, 0.4) is 0 Å². The van der Waals surface area contributed by atoms with Crippen molar-refractivity contribution in [2.75, 3.05) is 23.8 Å². The lowest BCUT2D eigenvalue weighted by Crippen LogP contribution is -2.32. The molecule has 0 saturated carbocycles. The number of aryl methyl sites for hydroxylation is 1. The molecule has 5 heteroatoms. The first-order chi connectivity index (χ1) is 9.02. The van der Waals surface area contributed by atoms with E-state index >= 15 is 0 Å². The second-order valence-electron chi connectivity index (χ2n) is 4.43. The Morgan fingerprint density at radius 2 is 2.16 bits per heavy atom. The van der Waals surface area contributed by atoms with Crippen molar-refractivity contribution in [2.45, 2.75) is 13.8 Å². The topological polar surface area (TPSA) is 71.2 Å². The minimum absolute atomic E-state index is 0.519. The molecule has 0 aliphatic carbocycles. The van der Waals surface area contributed by atoms with Gasteiger partial charge in [-0.25, -0.2) is 9.78 Å². The van der Waals surface area contributed by atoms with Gasteiger partial charge in [-0.3, -0.25) is 4.90 Å². The number of anilines is 2. The summed E-state index contributed by atoms with van der Waals surface area (Å²) in [6, 6.07) is 7.45. The van der Waals surface area contributed by atoms with E-state index in [4.69, 9.17) is 5.73 Å². The maximum Gasteiger partial charge on any atom is 0.320 e. The van der Waals surface area contributed by atoms with E-state index in [0.717, 1.165) is 28.7 Å². The lowest BCUT2D eigenvalue weighted by Gasteiger charge is -2.15. The Morgan fingerprint density at radius 3 is 2.79 bits per heavy atom. The Hall–Kier alpha value is -2.30. The van der Waals surface area contributed by atoms with Crippen LogP contribution in [-0.4, -0.2) is 24.6 Å². The van der Waals surface area contributed by atoms with Crippen molar-refractivity contribution in [1.82, 2.24) is 4.98 Å². The first kappa shape index (κ1) is 13.1. The van der Waals surface area contributed by atoms with Crippen molar-refractivity contribution in [3.8, 4) is 0 Å². The number of urea groups is 1. The summed E-state index contributed by atoms with van der Waals surface area (Å²) in [5.74, 6) is 0.561. The zero-order valence-corrected chi connectivity index (χ0v) is 11.4. The fourth-order valence-corrected chi connectivity index (χ4v) is 2.01. The van der Waals surface area contributed by atoms with Gasteiger partial charge in [0.25, 0.3) is 0 Å². The van der Waals surface area contributed by atoms with Gasteiger partial charge >= 0.3 is 6.03 Å². The van der Waals surface area contributed by atoms with Crippen molar-refractivity contribution in [3.05, 3.63) is 30.0 Å². The smallest absolute Gasteiger partial charge is 0.320 e. The fourth-order valence-electron chi connectivity index (χ4n) is 2.01. The van der Waals surface area contributed by atoms with Gasteiger partial charge in [-0.1, -0.05) is 6.07 Å². The van der Waals surface area contributed by atoms with Crippen LogP contribution in [0.4, 0.5) is 16.3 Å². The van der Waals surface area contributed by atoms with Crippen LogP contribution in [0.2, 0.25) is 0 Å². The third-order valence-corrected chi connectivity index (χ3v) is 3.06. The second-order valence-corrected chi connectivity index (χ2v) is 4.43. The van der Waals surface area contributed by atoms with Crippen molar-refractivity contribution in [2.24, 2.45) is 5.73 Å². The highest BCUT2D eigenvalue weighted by molar-refractivity contribution is 5.94. The molecule has 0 unspecified atom stereocenters. The SMILES string of the molecule is CCNc1ccc2c(C)nc(N(C)C(N)=O)cc2c1. The molecule has 0 aliphatic rings. The number of nitrogens with zero attached hydrogens (tertiary/aromatic N) is 2. The van der Waals surface area contributed by atoms with Crippen LogP contribution in [-0.2, 0) is 0 Å². The van der Waals surface area contributed by atoms with Crippen molar-refractivity contribution in [1.29, 1.82) is 0 Å². The number of nitrogens with two attached hydrogens (primary N) is 1. The Balaban J connectivity index is 2.55. The van der Waals surface area contributed by atoms with Crippen LogP contribution in [0.5, 0.6) is 0 Å². The van der Waals surface area contributed by atoms with Crippen LogP contribution in [0.15, 0.2) is 24.3 Å². The zero-order chi connectivity index (χ0) is 14.0. The molecule has 19 heavy (non-hydrogen) atoms. The summed E-state index contributed by atoms with van der Waals surface area (Å²) in [5.41, 5.74) is 7.20. The molecule has 1 heterocycles. The van der Waals surface area contributed by atoms with E-state index in [1.807, 2.05) is 38.1 Å². The third-order valence-electron chi connectivity index (χ3n) is 3.06. The summed E-state index contributed by atoms with van der Waals surface area (Å²) in [7, 11) is 1.62. The lowest BCUT2D eigenvalue weighted by molar-refractivity contribution is 0.255. The molecule has 3 N–H and O–H groups in total. The van der Waals surface area contributed by atoms with Gasteiger partial charge in [0.05, 0.1) is 0 Å². The zero-order valence-electron chi connectivity index (χ0n) is 11.4. The maximum absolute atomic E-state index is 11.2. The Bertz CT molecular complexity index is 624. The van der Waals surface area contributed by atoms with E-state index in [0.29, 0.717) is 5.82 Å². The molecule has 0 bridgehead atoms. The van der Waals surface area contributed by atoms with Crippen LogP contribution >= 0.6 is 0 Å². The van der Waals surface area contributed by atoms with E-state index in [1.165, 1.54) is 4.90 Å². The van der Waals surface area contributed by atoms with Crippen LogP contribution in [0.25, 0.3) is 10.8 Å². The van der Waals surface area contributed by atoms with E-state index in [-0.39, 0.29) is 0 Å². The van der Waals surface area contributed by atoms with Gasteiger partial charge in [0, 0.05) is 30.4 Å². The molecule has 1 aromatic carbocycles. The van der Waals surface area contributed by atoms with Gasteiger partial charge in [0.1, 0.15) is 5.82 Å². The minimum atomic E-state index is -0.519. The fraction of sp³-hybridized carbons (Fsp3) is 0.286. The van der Waals surface area contributed by atoms with Crippen LogP contribution < -0.4 is 16.0 Å². The number of carbonyl (C=O) groups is 1. The second kappa shape index (κ2) is 5.14. The standard InChI is InChI=1S/C14H18N4O/c1-4-16-11-5-6-12-9(2)17-13(8-10(12)7-11)18(3)14(15)19/h5-8,16H,4H2,1-3H3,(H2,15,19). The number of benzene rings is 1. The average Bonchev–Trinajstić information content (AvgIpc) is 2.37. The number of rotatable bonds is 3. The highest BCUT2D eigenvalue weighted by atomic mass is 16.2. The van der Waals surface area contributed by atoms with Crippen LogP contribution in [0, 0.1) is 6.92 Å². The number of hydrogen-bond acceptors (Lipinski definition) is 3. The Labute approximate surface area is 112 Å². The van der Waals surface area contributed by atoms with Crippen molar-refractivity contribution >= 4 is 28.3 Å². The monoisotopic (exact) mass is 258 g/mol. The number of nitrogens with one attached hydrogen (secondary N) is 1. The van der Waals surface area contributed by atoms with Gasteiger partial charge in [0.15, 0.2) is 0 Å². The maximum atomic E-state index is 11.2. The van der Waals surface area contributed by atoms with E-state index < -0.39 is 6.03 Å². The van der Waals surface area contributed by atoms with Crippen molar-refractivity contribution < 1.29 is 4.79 Å². The van der Waals surface area contributed by atoms with Gasteiger partial charge in [-0.15, -0.1) is 0 Å². The van der Waals surface area contributed by atoms with Gasteiger partial charge < -0.3 is 11.1 Å². The summed E-state index contributed by atoms with van der Waals surface area (Å²) in [6.07, 6.45) is 0. The number of pyridine rings is 1. The number of fused-ring (bicyclic) bond motifs is 1. The summed E-state index contributed by atoms with van der Waals surface area (Å²) in [6.45, 7) is 4.84. The molecule has 100 valence electrons. The molecule has 5 nitrogen and oxygen atoms in total. The number of primary amides is 1. The number of carbonyl (C=O) groups excluding carboxylic acids is 1. The Morgan fingerprint density at radius 1 is 1.42 bits per heavy atom. The quantitative estimate of drug-likeness (QED) is 0.888. The van der Waals surface area contributed by atoms with E-state index in [9.17, 15) is 4.79 Å². The predicted octanol–water partition coefficient (Wildman–Crippen LogP) is 2.49. The summed E-state index contributed by atoms with van der Waals surface area (Å²) in [5, 5.41) is 5.37. The van der Waals surface area contributed by atoms with Gasteiger partial charge in [-0.05, 0) is 37.4 Å². The highest BCUT2D eigenvalue weighted by Crippen LogP contribution is 2.25. The number of hydrogen-bond donors (Lipinski definition) is 2. The molecule has 0 aliphatic heterocycles. The third kappa shape index (κ3) is 2.59. The molecule has 0 spiro atoms. The van der Waals surface area contributed by atoms with Gasteiger partial charge in [0.2, 0.25) is 0 Å². The predicted molar refractivity (Wildman–Crippen MR) is 78.6 cm³/mol. The highest BCUT2D eigenvalue weighted by Gasteiger charge is 2.10. The normalized spacial score (nSPS) is 10.5. The molecule has 0 saturated heterocycles. The largest absolute Gasteiger partial charge is 0.385 e. The van der Waals surface area contributed by atoms with Crippen LogP contribution in [0.1, 0.15) is 12.6 Å². The lowest BCUT2D eigenvalue weighted by atomic mass is 10.1. The summed E-state index contributed by atoms with van der Waals surface area (Å²) >= 11 is 0. The number of amides is 2. The molecule has 1 aromatic heterocycles. The molecule has 2 aromatic rings. The Kier molecular flexibility index (Phi) is 3.55. The molecule has 0 atom stereocenters. The molecule has 2 rings (SSSR count). The first-order valence-electron chi connectivity index (χ1n) is 6.21. The summed E-state index contributed by atoms with van der Waals surface area (Å²) < 4.78 is 0. The summed E-state index contributed by atoms with van der Waals surface area (Å²) in [4.78, 5) is 17.0. The number of aromatic nitrogens is 1. The average molecular weight is 258 g/mol.